The van der Waals surface area contributed by atoms with Crippen LogP contribution in [0.5, 0.6) is 0 Å². The lowest BCUT2D eigenvalue weighted by molar-refractivity contribution is 1.41. The van der Waals surface area contributed by atoms with E-state index in [0.717, 1.165) is 0 Å². The van der Waals surface area contributed by atoms with Crippen molar-refractivity contribution in [3.63, 3.8) is 0 Å². The highest BCUT2D eigenvalue weighted by atomic mass is 13.9. The van der Waals surface area contributed by atoms with Crippen molar-refractivity contribution in [3.05, 3.63) is 46.7 Å². The van der Waals surface area contributed by atoms with Crippen LogP contribution in [0.25, 0.3) is 6.08 Å². The molecule has 0 unspecified atom stereocenters. The van der Waals surface area contributed by atoms with E-state index in [-0.39, 0.29) is 0 Å². The zero-order valence-electron chi connectivity index (χ0n) is 7.89. The summed E-state index contributed by atoms with van der Waals surface area (Å²) in [7, 11) is 0. The van der Waals surface area contributed by atoms with Crippen LogP contribution in [0, 0.1) is 6.92 Å². The first-order valence-electron chi connectivity index (χ1n) is 4.15. The summed E-state index contributed by atoms with van der Waals surface area (Å²) in [4.78, 5) is 0. The zero-order valence-corrected chi connectivity index (χ0v) is 7.89. The van der Waals surface area contributed by atoms with E-state index < -0.39 is 0 Å². The van der Waals surface area contributed by atoms with Gasteiger partial charge in [0, 0.05) is 0 Å². The number of aryl methyl sites for hydroxylation is 1. The lowest BCUT2D eigenvalue weighted by atomic mass is 10.1. The molecule has 0 aliphatic rings. The van der Waals surface area contributed by atoms with Crippen LogP contribution in [0.1, 0.15) is 25.0 Å². The molecule has 1 aromatic carbocycles. The molecule has 0 saturated carbocycles. The average molecular weight is 158 g/mol. The van der Waals surface area contributed by atoms with E-state index in [9.17, 15) is 0 Å². The van der Waals surface area contributed by atoms with Crippen molar-refractivity contribution < 1.29 is 0 Å². The Morgan fingerprint density at radius 1 is 1.17 bits per heavy atom. The summed E-state index contributed by atoms with van der Waals surface area (Å²) in [6.07, 6.45) is 2.01. The summed E-state index contributed by atoms with van der Waals surface area (Å²) in [6.45, 7) is 6.18. The van der Waals surface area contributed by atoms with Gasteiger partial charge in [-0.25, -0.2) is 0 Å². The smallest absolute Gasteiger partial charge is 0.0128 e. The Kier molecular flexibility index (Phi) is 2.90. The third-order valence-electron chi connectivity index (χ3n) is 1.60. The first kappa shape index (κ1) is 8.83. The number of benzene rings is 1. The minimum atomic E-state index is 1.20. The van der Waals surface area contributed by atoms with Crippen molar-refractivity contribution in [2.75, 3.05) is 0 Å². The zero-order chi connectivity index (χ0) is 8.97. The van der Waals surface area contributed by atoms with Gasteiger partial charge in [-0.15, -0.1) is 5.73 Å². The Balaban J connectivity index is 2.92. The topological polar surface area (TPSA) is 0 Å². The van der Waals surface area contributed by atoms with Crippen LogP contribution < -0.4 is 0 Å². The molecule has 0 N–H and O–H groups in total. The van der Waals surface area contributed by atoms with Crippen LogP contribution in [0.15, 0.2) is 35.6 Å². The van der Waals surface area contributed by atoms with Crippen molar-refractivity contribution in [1.82, 2.24) is 0 Å². The molecule has 0 nitrogen and oxygen atoms in total. The van der Waals surface area contributed by atoms with Crippen molar-refractivity contribution in [2.24, 2.45) is 0 Å². The van der Waals surface area contributed by atoms with Gasteiger partial charge in [0.15, 0.2) is 0 Å². The number of hydrogen-bond donors (Lipinski definition) is 0. The van der Waals surface area contributed by atoms with Crippen LogP contribution >= 0.6 is 0 Å². The number of hydrogen-bond acceptors (Lipinski definition) is 0. The van der Waals surface area contributed by atoms with Crippen molar-refractivity contribution in [1.29, 1.82) is 0 Å². The van der Waals surface area contributed by atoms with Crippen LogP contribution in [-0.4, -0.2) is 0 Å². The van der Waals surface area contributed by atoms with E-state index >= 15 is 0 Å². The normalized spacial score (nSPS) is 8.92. The second-order valence-electron chi connectivity index (χ2n) is 3.20. The molecule has 1 aromatic rings. The second kappa shape index (κ2) is 3.94. The monoisotopic (exact) mass is 158 g/mol. The van der Waals surface area contributed by atoms with Gasteiger partial charge >= 0.3 is 0 Å². The largest absolute Gasteiger partial charge is 0.122 e. The molecule has 0 aromatic heterocycles. The van der Waals surface area contributed by atoms with Crippen molar-refractivity contribution in [2.45, 2.75) is 20.8 Å². The van der Waals surface area contributed by atoms with Gasteiger partial charge < -0.3 is 0 Å². The molecular formula is C12H14. The molecule has 0 heterocycles. The molecule has 0 aliphatic carbocycles. The molecule has 62 valence electrons. The number of allylic oxidation sites excluding steroid dienone is 1. The van der Waals surface area contributed by atoms with E-state index in [1.54, 1.807) is 0 Å². The standard InChI is InChI=1S/C12H14/c1-10(2)4-7-12-8-5-11(3)6-9-12/h5-9H,1-3H3. The predicted octanol–water partition coefficient (Wildman–Crippen LogP) is 3.57. The Labute approximate surface area is 74.2 Å². The third-order valence-corrected chi connectivity index (χ3v) is 1.60. The fourth-order valence-electron chi connectivity index (χ4n) is 0.890. The van der Waals surface area contributed by atoms with Crippen LogP contribution in [0.2, 0.25) is 0 Å². The van der Waals surface area contributed by atoms with Gasteiger partial charge in [-0.1, -0.05) is 29.8 Å². The second-order valence-corrected chi connectivity index (χ2v) is 3.20. The summed E-state index contributed by atoms with van der Waals surface area (Å²) in [5.41, 5.74) is 6.88. The Morgan fingerprint density at radius 3 is 2.25 bits per heavy atom. The number of rotatable bonds is 1. The molecule has 0 bridgehead atoms. The van der Waals surface area contributed by atoms with Gasteiger partial charge in [0.05, 0.1) is 0 Å². The quantitative estimate of drug-likeness (QED) is 0.548. The Hall–Kier alpha value is -1.26. The molecule has 0 amide bonds. The molecule has 0 aliphatic heterocycles. The maximum atomic E-state index is 3.17. The minimum Gasteiger partial charge on any atom is -0.122 e. The molecule has 1 rings (SSSR count). The van der Waals surface area contributed by atoms with Gasteiger partial charge in [0.25, 0.3) is 0 Å². The van der Waals surface area contributed by atoms with Gasteiger partial charge in [0.2, 0.25) is 0 Å². The summed E-state index contributed by atoms with van der Waals surface area (Å²) < 4.78 is 0. The fourth-order valence-corrected chi connectivity index (χ4v) is 0.890. The Bertz CT molecular complexity index is 304. The lowest BCUT2D eigenvalue weighted by Gasteiger charge is -1.92. The first-order chi connectivity index (χ1) is 5.68. The third kappa shape index (κ3) is 2.77. The fraction of sp³-hybridized carbons (Fsp3) is 0.250. The van der Waals surface area contributed by atoms with E-state index in [4.69, 9.17) is 0 Å². The van der Waals surface area contributed by atoms with Crippen molar-refractivity contribution in [3.8, 4) is 0 Å². The highest BCUT2D eigenvalue weighted by molar-refractivity contribution is 5.49. The van der Waals surface area contributed by atoms with E-state index in [1.807, 2.05) is 19.9 Å². The lowest BCUT2D eigenvalue weighted by Crippen LogP contribution is -1.72. The molecule has 0 fully saturated rings. The summed E-state index contributed by atoms with van der Waals surface area (Å²) in [6, 6.07) is 8.42. The molecular weight excluding hydrogens is 144 g/mol. The maximum absolute atomic E-state index is 3.17. The summed E-state index contributed by atoms with van der Waals surface area (Å²) >= 11 is 0. The summed E-state index contributed by atoms with van der Waals surface area (Å²) in [5.74, 6) is 0. The van der Waals surface area contributed by atoms with E-state index in [1.165, 1.54) is 16.7 Å². The predicted molar refractivity (Wildman–Crippen MR) is 54.0 cm³/mol. The molecule has 0 radical (unpaired) electrons. The first-order valence-corrected chi connectivity index (χ1v) is 4.15. The Morgan fingerprint density at radius 2 is 1.75 bits per heavy atom. The molecule has 0 atom stereocenters. The average Bonchev–Trinajstić information content (AvgIpc) is 2.03. The van der Waals surface area contributed by atoms with Gasteiger partial charge in [0.1, 0.15) is 0 Å². The van der Waals surface area contributed by atoms with E-state index in [2.05, 4.69) is 36.9 Å². The van der Waals surface area contributed by atoms with Crippen molar-refractivity contribution >= 4 is 6.08 Å². The van der Waals surface area contributed by atoms with E-state index in [0.29, 0.717) is 0 Å². The molecule has 0 saturated heterocycles. The van der Waals surface area contributed by atoms with Crippen LogP contribution in [0.4, 0.5) is 0 Å². The van der Waals surface area contributed by atoms with Gasteiger partial charge in [-0.05, 0) is 38.0 Å². The molecule has 12 heavy (non-hydrogen) atoms. The van der Waals surface area contributed by atoms with Gasteiger partial charge in [-0.2, -0.15) is 0 Å². The van der Waals surface area contributed by atoms with Crippen LogP contribution in [-0.2, 0) is 0 Å². The van der Waals surface area contributed by atoms with Gasteiger partial charge in [-0.3, -0.25) is 0 Å². The highest BCUT2D eigenvalue weighted by Gasteiger charge is 1.84. The maximum Gasteiger partial charge on any atom is -0.0128 e. The highest BCUT2D eigenvalue weighted by Crippen LogP contribution is 2.04. The molecule has 0 heteroatoms. The molecule has 0 spiro atoms. The SMILES string of the molecule is CC(C)=C=Cc1ccc(C)cc1. The van der Waals surface area contributed by atoms with Crippen LogP contribution in [0.3, 0.4) is 0 Å². The minimum absolute atomic E-state index is 1.20. The summed E-state index contributed by atoms with van der Waals surface area (Å²) in [5, 5.41) is 0.